The molecule has 1 aromatic heterocycles. The number of methoxy groups -OCH3 is 1. The molecule has 0 unspecified atom stereocenters. The highest BCUT2D eigenvalue weighted by atomic mass is 32.1. The molecule has 0 spiro atoms. The van der Waals surface area contributed by atoms with Crippen molar-refractivity contribution in [1.82, 2.24) is 48.2 Å². The normalized spacial score (nSPS) is 15.6. The van der Waals surface area contributed by atoms with E-state index in [2.05, 4.69) is 68.0 Å². The van der Waals surface area contributed by atoms with Crippen LogP contribution in [-0.2, 0) is 62.5 Å². The number of nitrogens with two attached hydrogens (primary N) is 1. The summed E-state index contributed by atoms with van der Waals surface area (Å²) in [6, 6.07) is 14.5. The van der Waals surface area contributed by atoms with Gasteiger partial charge < -0.3 is 46.8 Å². The van der Waals surface area contributed by atoms with Crippen molar-refractivity contribution in [3.05, 3.63) is 108 Å². The second kappa shape index (κ2) is 32.1. The minimum atomic E-state index is -1.61. The number of ketones is 4. The molecular formula is C50H70N10O12S2. The van der Waals surface area contributed by atoms with Crippen molar-refractivity contribution < 1.29 is 58.7 Å². The first kappa shape index (κ1) is 61.1. The standard InChI is InChI=1S/C50H70N10O12S2/c1-29(61)40(26-71-3)54-50(69)42(28-74)56-57-43(30(2)62)47(66)44(63)36(20-12-13-21-51)53-49(68)39(24-33-25-52-35-19-11-10-18-34(33)35)60-72-59-38(23-32-16-8-5-9-17-32)48(67)55-41(27-73)46(65)45(64)37(58-70)22-31-14-6-4-7-15-31/h4-11,14-19,25,29-30,36-43,52,56-62,70,73-74H,12-13,20-24,26-28,51H2,1-3H3,(H,53,68)(H,54,69)(H,55,67)/t29-,30-,36+,37+,38+,39+,40-,41+,42+,43+/m1/s1. The Labute approximate surface area is 440 Å². The van der Waals surface area contributed by atoms with E-state index in [-0.39, 0.29) is 50.3 Å². The fraction of sp³-hybridized carbons (Fsp3) is 0.460. The maximum atomic E-state index is 14.5. The second-order valence-corrected chi connectivity index (χ2v) is 18.4. The molecule has 0 aliphatic heterocycles. The van der Waals surface area contributed by atoms with Gasteiger partial charge in [-0.2, -0.15) is 41.7 Å². The molecule has 10 atom stereocenters. The minimum absolute atomic E-state index is 0.00378. The number of hydrogen-bond acceptors (Lipinski definition) is 20. The zero-order chi connectivity index (χ0) is 54.2. The molecule has 3 aromatic carbocycles. The lowest BCUT2D eigenvalue weighted by atomic mass is 9.95. The number of unbranched alkanes of at least 4 members (excludes halogenated alkanes) is 1. The van der Waals surface area contributed by atoms with E-state index in [1.807, 2.05) is 29.7 Å². The number of carbonyl (C=O) groups is 7. The molecule has 4 aromatic rings. The number of H-pyrrole nitrogens is 1. The third-order valence-corrected chi connectivity index (χ3v) is 12.7. The highest BCUT2D eigenvalue weighted by Crippen LogP contribution is 2.20. The van der Waals surface area contributed by atoms with Crippen molar-refractivity contribution in [2.75, 3.05) is 31.8 Å². The van der Waals surface area contributed by atoms with Gasteiger partial charge in [0.25, 0.3) is 0 Å². The van der Waals surface area contributed by atoms with Crippen LogP contribution in [0, 0.1) is 0 Å². The van der Waals surface area contributed by atoms with Crippen LogP contribution in [0.2, 0.25) is 0 Å². The number of thiol groups is 2. The zero-order valence-corrected chi connectivity index (χ0v) is 43.3. The largest absolute Gasteiger partial charge is 0.391 e. The van der Waals surface area contributed by atoms with Gasteiger partial charge in [0.05, 0.1) is 30.9 Å². The number of aliphatic hydroxyl groups is 2. The summed E-state index contributed by atoms with van der Waals surface area (Å²) in [5.41, 5.74) is 20.9. The van der Waals surface area contributed by atoms with Crippen LogP contribution in [0.25, 0.3) is 10.9 Å². The number of fused-ring (bicyclic) bond motifs is 1. The number of hydroxylamine groups is 3. The molecular weight excluding hydrogens is 997 g/mol. The SMILES string of the molecule is COC[C@@H](NC(=O)[C@H](CS)NN[C@H](C(=O)C(=O)[C@H](CCCCN)NC(=O)[C@H](Cc1c[nH]c2ccccc12)NON[C@@H](Cc1ccccc1)C(=O)N[C@@H](CS)C(=O)C(=O)[C@H](Cc1ccccc1)NO)[C@@H](C)O)[C@@H](C)O. The van der Waals surface area contributed by atoms with Crippen LogP contribution in [0.1, 0.15) is 49.8 Å². The van der Waals surface area contributed by atoms with Crippen molar-refractivity contribution in [3.63, 3.8) is 0 Å². The quantitative estimate of drug-likeness (QED) is 0.0116. The number of hydrazine groups is 1. The minimum Gasteiger partial charge on any atom is -0.391 e. The Kier molecular flexibility index (Phi) is 26.5. The van der Waals surface area contributed by atoms with E-state index in [9.17, 15) is 49.0 Å². The molecule has 0 aliphatic rings. The van der Waals surface area contributed by atoms with Gasteiger partial charge in [-0.3, -0.25) is 33.6 Å². The number of amides is 3. The molecule has 74 heavy (non-hydrogen) atoms. The van der Waals surface area contributed by atoms with Gasteiger partial charge in [-0.25, -0.2) is 15.8 Å². The van der Waals surface area contributed by atoms with Gasteiger partial charge in [-0.05, 0) is 75.3 Å². The first-order chi connectivity index (χ1) is 35.6. The first-order valence-electron chi connectivity index (χ1n) is 24.1. The van der Waals surface area contributed by atoms with E-state index >= 15 is 0 Å². The Morgan fingerprint density at radius 1 is 0.622 bits per heavy atom. The van der Waals surface area contributed by atoms with Crippen molar-refractivity contribution >= 4 is 77.0 Å². The third-order valence-electron chi connectivity index (χ3n) is 12.0. The summed E-state index contributed by atoms with van der Waals surface area (Å²) in [5.74, 6) is -6.83. The third kappa shape index (κ3) is 18.7. The smallest absolute Gasteiger partial charge is 0.240 e. The Hall–Kier alpha value is -5.45. The van der Waals surface area contributed by atoms with E-state index in [1.165, 1.54) is 21.0 Å². The number of rotatable bonds is 36. The molecule has 24 heteroatoms. The predicted molar refractivity (Wildman–Crippen MR) is 281 cm³/mol. The van der Waals surface area contributed by atoms with Crippen LogP contribution in [0.15, 0.2) is 91.1 Å². The highest BCUT2D eigenvalue weighted by molar-refractivity contribution is 7.80. The summed E-state index contributed by atoms with van der Waals surface area (Å²) >= 11 is 8.48. The number of carbonyl (C=O) groups excluding carboxylic acids is 7. The van der Waals surface area contributed by atoms with Crippen LogP contribution in [0.4, 0.5) is 0 Å². The molecule has 0 fully saturated rings. The van der Waals surface area contributed by atoms with E-state index in [4.69, 9.17) is 15.4 Å². The van der Waals surface area contributed by atoms with E-state index in [1.54, 1.807) is 66.9 Å². The monoisotopic (exact) mass is 1070 g/mol. The van der Waals surface area contributed by atoms with Gasteiger partial charge in [0.2, 0.25) is 40.9 Å². The molecule has 0 aliphatic carbocycles. The molecule has 0 radical (unpaired) electrons. The summed E-state index contributed by atoms with van der Waals surface area (Å²) in [7, 11) is 1.40. The molecule has 0 saturated carbocycles. The van der Waals surface area contributed by atoms with E-state index in [0.29, 0.717) is 29.5 Å². The maximum Gasteiger partial charge on any atom is 0.240 e. The summed E-state index contributed by atoms with van der Waals surface area (Å²) in [6.45, 7) is 2.97. The summed E-state index contributed by atoms with van der Waals surface area (Å²) in [6.07, 6.45) is -0.185. The molecule has 4 rings (SSSR count). The van der Waals surface area contributed by atoms with Gasteiger partial charge in [-0.15, -0.1) is 0 Å². The topological polar surface area (TPSA) is 337 Å². The zero-order valence-electron chi connectivity index (χ0n) is 41.5. The van der Waals surface area contributed by atoms with Crippen LogP contribution in [0.5, 0.6) is 0 Å². The molecule has 14 N–H and O–H groups in total. The predicted octanol–water partition coefficient (Wildman–Crippen LogP) is -0.735. The fourth-order valence-electron chi connectivity index (χ4n) is 7.69. The summed E-state index contributed by atoms with van der Waals surface area (Å²) in [5, 5.41) is 39.3. The number of para-hydroxylation sites is 1. The first-order valence-corrected chi connectivity index (χ1v) is 25.4. The number of benzene rings is 3. The Morgan fingerprint density at radius 2 is 1.15 bits per heavy atom. The highest BCUT2D eigenvalue weighted by Gasteiger charge is 2.37. The Bertz CT molecular complexity index is 2420. The van der Waals surface area contributed by atoms with Crippen LogP contribution < -0.4 is 49.0 Å². The lowest BCUT2D eigenvalue weighted by molar-refractivity contribution is -0.144. The molecule has 0 bridgehead atoms. The van der Waals surface area contributed by atoms with Crippen LogP contribution in [-0.4, -0.2) is 154 Å². The second-order valence-electron chi connectivity index (χ2n) is 17.7. The average molecular weight is 1070 g/mol. The summed E-state index contributed by atoms with van der Waals surface area (Å²) < 4.78 is 5.08. The van der Waals surface area contributed by atoms with Crippen molar-refractivity contribution in [2.45, 2.75) is 113 Å². The molecule has 1 heterocycles. The lowest BCUT2D eigenvalue weighted by Crippen LogP contribution is -2.62. The molecule has 3 amide bonds. The van der Waals surface area contributed by atoms with Crippen LogP contribution in [0.3, 0.4) is 0 Å². The number of Topliss-reactive ketones (excluding diaryl/α,β-unsaturated/α-hetero) is 4. The maximum absolute atomic E-state index is 14.5. The van der Waals surface area contributed by atoms with Crippen molar-refractivity contribution in [3.8, 4) is 0 Å². The van der Waals surface area contributed by atoms with Crippen molar-refractivity contribution in [1.29, 1.82) is 0 Å². The number of aromatic amines is 1. The van der Waals surface area contributed by atoms with Gasteiger partial charge in [0.15, 0.2) is 0 Å². The number of ether oxygens (including phenoxy) is 1. The molecule has 0 saturated heterocycles. The number of nitrogens with one attached hydrogen (secondary N) is 9. The van der Waals surface area contributed by atoms with Crippen LogP contribution >= 0.6 is 25.3 Å². The van der Waals surface area contributed by atoms with Gasteiger partial charge in [0.1, 0.15) is 36.3 Å². The Balaban J connectivity index is 1.57. The van der Waals surface area contributed by atoms with Gasteiger partial charge in [0, 0.05) is 42.1 Å². The van der Waals surface area contributed by atoms with Gasteiger partial charge >= 0.3 is 0 Å². The number of aliphatic hydroxyl groups excluding tert-OH is 2. The average Bonchev–Trinajstić information content (AvgIpc) is 3.81. The van der Waals surface area contributed by atoms with Gasteiger partial charge in [-0.1, -0.05) is 78.9 Å². The molecule has 404 valence electrons. The van der Waals surface area contributed by atoms with Crippen molar-refractivity contribution in [2.24, 2.45) is 5.73 Å². The molecule has 22 nitrogen and oxygen atoms in total. The lowest BCUT2D eigenvalue weighted by Gasteiger charge is -2.28. The Morgan fingerprint density at radius 3 is 1.70 bits per heavy atom. The number of hydrogen-bond donors (Lipinski definition) is 15. The number of aromatic nitrogens is 1. The fourth-order valence-corrected chi connectivity index (χ4v) is 8.21. The van der Waals surface area contributed by atoms with E-state index < -0.39 is 101 Å². The summed E-state index contributed by atoms with van der Waals surface area (Å²) in [4.78, 5) is 106. The van der Waals surface area contributed by atoms with E-state index in [0.717, 1.165) is 10.9 Å².